The second-order valence-corrected chi connectivity index (χ2v) is 6.09. The van der Waals surface area contributed by atoms with Crippen molar-refractivity contribution in [2.24, 2.45) is 10.3 Å². The number of hydrogen-bond acceptors (Lipinski definition) is 5. The highest BCUT2D eigenvalue weighted by atomic mass is 32.1. The Morgan fingerprint density at radius 3 is 2.50 bits per heavy atom. The molecular formula is C18H13N5S. The monoisotopic (exact) mass is 331 g/mol. The number of benzene rings is 2. The van der Waals surface area contributed by atoms with Crippen LogP contribution in [-0.2, 0) is 0 Å². The average molecular weight is 331 g/mol. The standard InChI is InChI=1S/C18H13N5S/c1-2-6-16-15(5-1)20-18(24-16)13-8-10-14(11-9-13)21-23-22-17-7-3-4-12-19-17/h1-12H,(H,19,21,22). The van der Waals surface area contributed by atoms with E-state index in [4.69, 9.17) is 0 Å². The van der Waals surface area contributed by atoms with Crippen LogP contribution in [0, 0.1) is 0 Å². The predicted octanol–water partition coefficient (Wildman–Crippen LogP) is 5.47. The number of fused-ring (bicyclic) bond motifs is 1. The Kier molecular flexibility index (Phi) is 3.95. The molecule has 24 heavy (non-hydrogen) atoms. The van der Waals surface area contributed by atoms with Gasteiger partial charge in [0, 0.05) is 11.8 Å². The van der Waals surface area contributed by atoms with Crippen LogP contribution in [-0.4, -0.2) is 9.97 Å². The van der Waals surface area contributed by atoms with E-state index in [0.717, 1.165) is 21.8 Å². The summed E-state index contributed by atoms with van der Waals surface area (Å²) in [4.78, 5) is 8.74. The number of rotatable bonds is 4. The molecule has 0 aliphatic heterocycles. The average Bonchev–Trinajstić information content (AvgIpc) is 3.07. The topological polar surface area (TPSA) is 62.5 Å². The molecule has 0 atom stereocenters. The lowest BCUT2D eigenvalue weighted by Crippen LogP contribution is -1.86. The Hall–Kier alpha value is -3.12. The molecular weight excluding hydrogens is 318 g/mol. The minimum atomic E-state index is 0.566. The van der Waals surface area contributed by atoms with Crippen LogP contribution in [0.25, 0.3) is 20.8 Å². The number of hydrogen-bond donors (Lipinski definition) is 1. The summed E-state index contributed by atoms with van der Waals surface area (Å²) in [5.74, 6) is 0.566. The van der Waals surface area contributed by atoms with Crippen LogP contribution in [0.5, 0.6) is 0 Å². The molecule has 0 saturated heterocycles. The van der Waals surface area contributed by atoms with Crippen molar-refractivity contribution >= 4 is 33.1 Å². The number of para-hydroxylation sites is 1. The lowest BCUT2D eigenvalue weighted by molar-refractivity contribution is 1.09. The quantitative estimate of drug-likeness (QED) is 0.398. The zero-order chi connectivity index (χ0) is 16.2. The molecule has 0 spiro atoms. The van der Waals surface area contributed by atoms with Gasteiger partial charge in [0.15, 0.2) is 5.82 Å². The van der Waals surface area contributed by atoms with Gasteiger partial charge in [-0.3, -0.25) is 5.43 Å². The van der Waals surface area contributed by atoms with Gasteiger partial charge in [-0.1, -0.05) is 23.4 Å². The zero-order valence-electron chi connectivity index (χ0n) is 12.6. The largest absolute Gasteiger partial charge is 0.260 e. The maximum Gasteiger partial charge on any atom is 0.176 e. The van der Waals surface area contributed by atoms with E-state index in [-0.39, 0.29) is 0 Å². The summed E-state index contributed by atoms with van der Waals surface area (Å²) in [5.41, 5.74) is 5.88. The Balaban J connectivity index is 1.49. The van der Waals surface area contributed by atoms with Crippen molar-refractivity contribution in [3.8, 4) is 10.6 Å². The van der Waals surface area contributed by atoms with Crippen LogP contribution in [0.15, 0.2) is 83.3 Å². The van der Waals surface area contributed by atoms with Gasteiger partial charge in [0.1, 0.15) is 5.01 Å². The molecule has 0 bridgehead atoms. The number of aromatic nitrogens is 2. The fourth-order valence-electron chi connectivity index (χ4n) is 2.23. The summed E-state index contributed by atoms with van der Waals surface area (Å²) in [6.45, 7) is 0. The van der Waals surface area contributed by atoms with Gasteiger partial charge in [0.25, 0.3) is 0 Å². The van der Waals surface area contributed by atoms with Gasteiger partial charge in [0.2, 0.25) is 0 Å². The van der Waals surface area contributed by atoms with Crippen LogP contribution in [0.4, 0.5) is 11.5 Å². The van der Waals surface area contributed by atoms with E-state index in [0.29, 0.717) is 5.82 Å². The van der Waals surface area contributed by atoms with E-state index in [1.807, 2.05) is 54.6 Å². The molecule has 1 N–H and O–H groups in total. The highest BCUT2D eigenvalue weighted by molar-refractivity contribution is 7.21. The van der Waals surface area contributed by atoms with Crippen LogP contribution in [0.2, 0.25) is 0 Å². The molecule has 2 aromatic carbocycles. The molecule has 0 saturated carbocycles. The van der Waals surface area contributed by atoms with E-state index in [1.54, 1.807) is 23.6 Å². The minimum absolute atomic E-state index is 0.566. The van der Waals surface area contributed by atoms with E-state index in [2.05, 4.69) is 31.8 Å². The van der Waals surface area contributed by atoms with Gasteiger partial charge in [0.05, 0.1) is 15.9 Å². The highest BCUT2D eigenvalue weighted by Crippen LogP contribution is 2.30. The molecule has 2 aromatic heterocycles. The lowest BCUT2D eigenvalue weighted by Gasteiger charge is -2.00. The molecule has 0 aliphatic carbocycles. The molecule has 5 nitrogen and oxygen atoms in total. The first-order chi connectivity index (χ1) is 11.9. The van der Waals surface area contributed by atoms with Crippen molar-refractivity contribution in [1.82, 2.24) is 9.97 Å². The third-order valence-electron chi connectivity index (χ3n) is 3.41. The summed E-state index contributed by atoms with van der Waals surface area (Å²) in [7, 11) is 0. The minimum Gasteiger partial charge on any atom is -0.260 e. The third kappa shape index (κ3) is 3.13. The highest BCUT2D eigenvalue weighted by Gasteiger charge is 2.05. The number of pyridine rings is 1. The third-order valence-corrected chi connectivity index (χ3v) is 4.49. The number of nitrogens with zero attached hydrogens (tertiary/aromatic N) is 4. The Labute approximate surface area is 142 Å². The smallest absolute Gasteiger partial charge is 0.176 e. The van der Waals surface area contributed by atoms with Crippen molar-refractivity contribution in [2.45, 2.75) is 0 Å². The Morgan fingerprint density at radius 1 is 0.875 bits per heavy atom. The van der Waals surface area contributed by atoms with Gasteiger partial charge >= 0.3 is 0 Å². The second-order valence-electron chi connectivity index (χ2n) is 5.06. The van der Waals surface area contributed by atoms with Crippen LogP contribution in [0.1, 0.15) is 0 Å². The molecule has 2 heterocycles. The fraction of sp³-hybridized carbons (Fsp3) is 0. The van der Waals surface area contributed by atoms with Crippen LogP contribution >= 0.6 is 11.3 Å². The van der Waals surface area contributed by atoms with E-state index >= 15 is 0 Å². The molecule has 0 radical (unpaired) electrons. The van der Waals surface area contributed by atoms with Crippen molar-refractivity contribution in [1.29, 1.82) is 0 Å². The first kappa shape index (κ1) is 14.5. The van der Waals surface area contributed by atoms with Crippen molar-refractivity contribution < 1.29 is 0 Å². The summed E-state index contributed by atoms with van der Waals surface area (Å²) < 4.78 is 1.19. The van der Waals surface area contributed by atoms with Gasteiger partial charge in [-0.2, -0.15) is 0 Å². The summed E-state index contributed by atoms with van der Waals surface area (Å²) in [6.07, 6.45) is 1.68. The second kappa shape index (κ2) is 6.55. The Bertz CT molecular complexity index is 944. The van der Waals surface area contributed by atoms with E-state index in [9.17, 15) is 0 Å². The molecule has 0 fully saturated rings. The number of thiazole rings is 1. The predicted molar refractivity (Wildman–Crippen MR) is 97.4 cm³/mol. The molecule has 4 rings (SSSR count). The van der Waals surface area contributed by atoms with Crippen molar-refractivity contribution in [3.63, 3.8) is 0 Å². The van der Waals surface area contributed by atoms with E-state index in [1.165, 1.54) is 4.70 Å². The summed E-state index contributed by atoms with van der Waals surface area (Å²) in [6, 6.07) is 21.6. The summed E-state index contributed by atoms with van der Waals surface area (Å²) in [5, 5.41) is 8.96. The van der Waals surface area contributed by atoms with Crippen molar-refractivity contribution in [3.05, 3.63) is 72.9 Å². The normalized spacial score (nSPS) is 11.2. The Morgan fingerprint density at radius 2 is 1.71 bits per heavy atom. The zero-order valence-corrected chi connectivity index (χ0v) is 13.4. The van der Waals surface area contributed by atoms with Crippen molar-refractivity contribution in [2.75, 3.05) is 5.43 Å². The maximum atomic E-state index is 4.66. The van der Waals surface area contributed by atoms with Crippen LogP contribution < -0.4 is 5.43 Å². The SMILES string of the molecule is c1ccc(/N=N/Nc2ccc(-c3nc4ccccc4s3)cc2)nc1. The molecule has 0 aliphatic rings. The van der Waals surface area contributed by atoms with Gasteiger partial charge in [-0.25, -0.2) is 9.97 Å². The van der Waals surface area contributed by atoms with Gasteiger partial charge < -0.3 is 0 Å². The number of nitrogens with one attached hydrogen (secondary N) is 1. The summed E-state index contributed by atoms with van der Waals surface area (Å²) >= 11 is 1.69. The van der Waals surface area contributed by atoms with Gasteiger partial charge in [-0.15, -0.1) is 16.5 Å². The number of anilines is 1. The van der Waals surface area contributed by atoms with Gasteiger partial charge in [-0.05, 0) is 48.5 Å². The molecule has 0 amide bonds. The van der Waals surface area contributed by atoms with Crippen LogP contribution in [0.3, 0.4) is 0 Å². The maximum absolute atomic E-state index is 4.66. The first-order valence-electron chi connectivity index (χ1n) is 7.42. The first-order valence-corrected chi connectivity index (χ1v) is 8.24. The fourth-order valence-corrected chi connectivity index (χ4v) is 3.20. The molecule has 6 heteroatoms. The van der Waals surface area contributed by atoms with E-state index < -0.39 is 0 Å². The molecule has 4 aromatic rings. The lowest BCUT2D eigenvalue weighted by atomic mass is 10.2. The molecule has 116 valence electrons. The molecule has 0 unspecified atom stereocenters.